The summed E-state index contributed by atoms with van der Waals surface area (Å²) >= 11 is 17.2. The zero-order valence-corrected chi connectivity index (χ0v) is 12.2. The molecule has 0 radical (unpaired) electrons. The molecule has 0 aliphatic carbocycles. The lowest BCUT2D eigenvalue weighted by atomic mass is 10.1. The summed E-state index contributed by atoms with van der Waals surface area (Å²) in [4.78, 5) is 0.330. The second kappa shape index (κ2) is 5.54. The van der Waals surface area contributed by atoms with Gasteiger partial charge in [-0.15, -0.1) is 0 Å². The summed E-state index contributed by atoms with van der Waals surface area (Å²) in [5.74, 6) is 0. The van der Waals surface area contributed by atoms with Crippen molar-refractivity contribution in [3.63, 3.8) is 0 Å². The average molecular weight is 336 g/mol. The molecule has 1 heterocycles. The van der Waals surface area contributed by atoms with Crippen molar-refractivity contribution in [3.8, 4) is 0 Å². The van der Waals surface area contributed by atoms with E-state index in [2.05, 4.69) is 32.8 Å². The summed E-state index contributed by atoms with van der Waals surface area (Å²) in [6, 6.07) is 7.90. The molecule has 84 valence electrons. The normalized spacial score (nSPS) is 12.7. The minimum absolute atomic E-state index is 0.330. The van der Waals surface area contributed by atoms with E-state index in [1.54, 1.807) is 11.3 Å². The van der Waals surface area contributed by atoms with Gasteiger partial charge in [-0.3, -0.25) is 0 Å². The van der Waals surface area contributed by atoms with Gasteiger partial charge in [-0.05, 0) is 46.5 Å². The Labute approximate surface area is 117 Å². The van der Waals surface area contributed by atoms with E-state index in [1.807, 2.05) is 18.2 Å². The standard InChI is InChI=1S/C12H9BrCl2S/c13-10(9-3-4-16-7-9)5-8-1-2-11(14)12(15)6-8/h1-4,6-7,10H,5H2. The second-order valence-corrected chi connectivity index (χ2v) is 6.18. The third kappa shape index (κ3) is 3.01. The van der Waals surface area contributed by atoms with E-state index in [1.165, 1.54) is 11.1 Å². The SMILES string of the molecule is Clc1ccc(CC(Br)c2ccsc2)cc1Cl. The number of hydrogen-bond acceptors (Lipinski definition) is 1. The fourth-order valence-corrected chi connectivity index (χ4v) is 3.31. The summed E-state index contributed by atoms with van der Waals surface area (Å²) < 4.78 is 0. The summed E-state index contributed by atoms with van der Waals surface area (Å²) in [7, 11) is 0. The van der Waals surface area contributed by atoms with Gasteiger partial charge < -0.3 is 0 Å². The van der Waals surface area contributed by atoms with Crippen molar-refractivity contribution in [2.24, 2.45) is 0 Å². The molecule has 0 aliphatic rings. The molecule has 2 aromatic rings. The smallest absolute Gasteiger partial charge is 0.0595 e. The maximum absolute atomic E-state index is 5.98. The molecule has 1 aromatic carbocycles. The van der Waals surface area contributed by atoms with Gasteiger partial charge in [0.2, 0.25) is 0 Å². The predicted molar refractivity (Wildman–Crippen MR) is 76.2 cm³/mol. The third-order valence-corrected chi connectivity index (χ3v) is 4.60. The molecule has 2 rings (SSSR count). The van der Waals surface area contributed by atoms with Gasteiger partial charge in [0.1, 0.15) is 0 Å². The van der Waals surface area contributed by atoms with E-state index in [0.29, 0.717) is 14.9 Å². The Hall–Kier alpha value is -0.0200. The molecule has 0 saturated heterocycles. The Bertz CT molecular complexity index is 468. The van der Waals surface area contributed by atoms with E-state index < -0.39 is 0 Å². The Kier molecular flexibility index (Phi) is 4.31. The van der Waals surface area contributed by atoms with Crippen molar-refractivity contribution in [2.75, 3.05) is 0 Å². The van der Waals surface area contributed by atoms with E-state index in [0.717, 1.165) is 6.42 Å². The molecule has 0 nitrogen and oxygen atoms in total. The fourth-order valence-electron chi connectivity index (χ4n) is 1.44. The number of benzene rings is 1. The predicted octanol–water partition coefficient (Wildman–Crippen LogP) is 5.73. The van der Waals surface area contributed by atoms with Crippen molar-refractivity contribution in [1.82, 2.24) is 0 Å². The first-order valence-electron chi connectivity index (χ1n) is 4.77. The molecule has 1 atom stereocenters. The largest absolute Gasteiger partial charge is 0.152 e. The summed E-state index contributed by atoms with van der Waals surface area (Å²) in [6.45, 7) is 0. The molecule has 0 bridgehead atoms. The van der Waals surface area contributed by atoms with Gasteiger partial charge in [-0.2, -0.15) is 11.3 Å². The summed E-state index contributed by atoms with van der Waals surface area (Å²) in [5.41, 5.74) is 2.48. The van der Waals surface area contributed by atoms with Crippen LogP contribution in [0.25, 0.3) is 0 Å². The molecule has 0 N–H and O–H groups in total. The van der Waals surface area contributed by atoms with Crippen LogP contribution < -0.4 is 0 Å². The topological polar surface area (TPSA) is 0 Å². The molecular formula is C12H9BrCl2S. The highest BCUT2D eigenvalue weighted by Crippen LogP contribution is 2.30. The molecule has 0 spiro atoms. The zero-order valence-electron chi connectivity index (χ0n) is 8.29. The van der Waals surface area contributed by atoms with Crippen LogP contribution >= 0.6 is 50.5 Å². The van der Waals surface area contributed by atoms with Crippen molar-refractivity contribution in [1.29, 1.82) is 0 Å². The van der Waals surface area contributed by atoms with Crippen molar-refractivity contribution >= 4 is 50.5 Å². The maximum atomic E-state index is 5.98. The summed E-state index contributed by atoms with van der Waals surface area (Å²) in [5, 5.41) is 5.45. The van der Waals surface area contributed by atoms with Crippen LogP contribution in [0.3, 0.4) is 0 Å². The van der Waals surface area contributed by atoms with Gasteiger partial charge in [-0.25, -0.2) is 0 Å². The van der Waals surface area contributed by atoms with Crippen LogP contribution in [0.4, 0.5) is 0 Å². The van der Waals surface area contributed by atoms with Crippen LogP contribution in [-0.2, 0) is 6.42 Å². The molecule has 0 amide bonds. The minimum atomic E-state index is 0.330. The molecule has 1 aromatic heterocycles. The lowest BCUT2D eigenvalue weighted by Gasteiger charge is -2.08. The molecule has 4 heteroatoms. The zero-order chi connectivity index (χ0) is 11.5. The number of halogens is 3. The average Bonchev–Trinajstić information content (AvgIpc) is 2.77. The van der Waals surface area contributed by atoms with Gasteiger partial charge in [-0.1, -0.05) is 45.2 Å². The van der Waals surface area contributed by atoms with Gasteiger partial charge in [0.25, 0.3) is 0 Å². The van der Waals surface area contributed by atoms with E-state index >= 15 is 0 Å². The van der Waals surface area contributed by atoms with Crippen LogP contribution in [0.15, 0.2) is 35.0 Å². The Morgan fingerprint density at radius 1 is 1.19 bits per heavy atom. The molecular weight excluding hydrogens is 327 g/mol. The molecule has 0 fully saturated rings. The first kappa shape index (κ1) is 12.4. The monoisotopic (exact) mass is 334 g/mol. The number of hydrogen-bond donors (Lipinski definition) is 0. The first-order valence-corrected chi connectivity index (χ1v) is 7.38. The molecule has 0 saturated carbocycles. The van der Waals surface area contributed by atoms with E-state index in [9.17, 15) is 0 Å². The van der Waals surface area contributed by atoms with Crippen molar-refractivity contribution in [3.05, 3.63) is 56.2 Å². The van der Waals surface area contributed by atoms with Crippen molar-refractivity contribution < 1.29 is 0 Å². The highest BCUT2D eigenvalue weighted by Gasteiger charge is 2.09. The van der Waals surface area contributed by atoms with Crippen LogP contribution in [0, 0.1) is 0 Å². The van der Waals surface area contributed by atoms with Crippen LogP contribution in [-0.4, -0.2) is 0 Å². The first-order chi connectivity index (χ1) is 7.66. The van der Waals surface area contributed by atoms with E-state index in [4.69, 9.17) is 23.2 Å². The Morgan fingerprint density at radius 2 is 2.00 bits per heavy atom. The Balaban J connectivity index is 2.12. The van der Waals surface area contributed by atoms with Gasteiger partial charge >= 0.3 is 0 Å². The van der Waals surface area contributed by atoms with Crippen LogP contribution in [0.2, 0.25) is 10.0 Å². The fraction of sp³-hybridized carbons (Fsp3) is 0.167. The quantitative estimate of drug-likeness (QED) is 0.628. The minimum Gasteiger partial charge on any atom is -0.152 e. The molecule has 0 aliphatic heterocycles. The highest BCUT2D eigenvalue weighted by molar-refractivity contribution is 9.09. The van der Waals surface area contributed by atoms with Gasteiger partial charge in [0, 0.05) is 4.83 Å². The second-order valence-electron chi connectivity index (χ2n) is 3.48. The highest BCUT2D eigenvalue weighted by atomic mass is 79.9. The lowest BCUT2D eigenvalue weighted by Crippen LogP contribution is -1.93. The van der Waals surface area contributed by atoms with Crippen LogP contribution in [0.5, 0.6) is 0 Å². The third-order valence-electron chi connectivity index (χ3n) is 2.30. The summed E-state index contributed by atoms with van der Waals surface area (Å²) in [6.07, 6.45) is 0.910. The number of alkyl halides is 1. The van der Waals surface area contributed by atoms with Crippen LogP contribution in [0.1, 0.15) is 16.0 Å². The molecule has 16 heavy (non-hydrogen) atoms. The molecule has 1 unspecified atom stereocenters. The van der Waals surface area contributed by atoms with E-state index in [-0.39, 0.29) is 0 Å². The van der Waals surface area contributed by atoms with Gasteiger partial charge in [0.05, 0.1) is 10.0 Å². The number of thiophene rings is 1. The van der Waals surface area contributed by atoms with Gasteiger partial charge in [0.15, 0.2) is 0 Å². The Morgan fingerprint density at radius 3 is 2.62 bits per heavy atom. The maximum Gasteiger partial charge on any atom is 0.0595 e. The lowest BCUT2D eigenvalue weighted by molar-refractivity contribution is 0.955. The number of rotatable bonds is 3. The van der Waals surface area contributed by atoms with Crippen molar-refractivity contribution in [2.45, 2.75) is 11.2 Å².